The summed E-state index contributed by atoms with van der Waals surface area (Å²) < 4.78 is 0. The summed E-state index contributed by atoms with van der Waals surface area (Å²) in [6.07, 6.45) is 6.35. The van der Waals surface area contributed by atoms with Crippen LogP contribution in [0.2, 0.25) is 0 Å². The molecular formula is C13H24O4. The number of hydrogen-bond donors (Lipinski definition) is 2. The zero-order valence-corrected chi connectivity index (χ0v) is 10.8. The van der Waals surface area contributed by atoms with Gasteiger partial charge in [0.15, 0.2) is 5.92 Å². The van der Waals surface area contributed by atoms with Gasteiger partial charge in [0.2, 0.25) is 0 Å². The number of rotatable bonds is 10. The molecule has 0 aromatic heterocycles. The van der Waals surface area contributed by atoms with E-state index in [-0.39, 0.29) is 12.3 Å². The van der Waals surface area contributed by atoms with Gasteiger partial charge in [-0.25, -0.2) is 0 Å². The van der Waals surface area contributed by atoms with Gasteiger partial charge in [-0.15, -0.1) is 0 Å². The molecule has 0 aliphatic heterocycles. The van der Waals surface area contributed by atoms with Gasteiger partial charge < -0.3 is 10.2 Å². The number of carboxylic acid groups (broad SMARTS) is 2. The minimum atomic E-state index is -1.24. The Bertz CT molecular complexity index is 216. The van der Waals surface area contributed by atoms with Crippen molar-refractivity contribution in [2.75, 3.05) is 0 Å². The number of unbranched alkanes of at least 4 members (excludes halogenated alkanes) is 2. The molecule has 0 aromatic rings. The lowest BCUT2D eigenvalue weighted by Crippen LogP contribution is -2.26. The molecule has 0 amide bonds. The Balaban J connectivity index is 4.35. The van der Waals surface area contributed by atoms with Crippen LogP contribution < -0.4 is 0 Å². The second kappa shape index (κ2) is 9.02. The molecule has 17 heavy (non-hydrogen) atoms. The Morgan fingerprint density at radius 2 is 1.35 bits per heavy atom. The average molecular weight is 244 g/mol. The van der Waals surface area contributed by atoms with Gasteiger partial charge in [-0.2, -0.15) is 0 Å². The Hall–Kier alpha value is -1.06. The number of hydrogen-bond acceptors (Lipinski definition) is 2. The highest BCUT2D eigenvalue weighted by molar-refractivity contribution is 5.92. The first-order chi connectivity index (χ1) is 8.02. The molecule has 0 saturated heterocycles. The van der Waals surface area contributed by atoms with Crippen LogP contribution in [-0.2, 0) is 9.59 Å². The molecule has 0 spiro atoms. The molecule has 4 heteroatoms. The minimum Gasteiger partial charge on any atom is -0.481 e. The molecule has 0 radical (unpaired) electrons. The van der Waals surface area contributed by atoms with E-state index in [0.29, 0.717) is 0 Å². The van der Waals surface area contributed by atoms with Crippen molar-refractivity contribution in [2.24, 2.45) is 11.8 Å². The van der Waals surface area contributed by atoms with Crippen molar-refractivity contribution in [3.05, 3.63) is 0 Å². The van der Waals surface area contributed by atoms with Gasteiger partial charge in [0.05, 0.1) is 0 Å². The molecule has 0 rings (SSSR count). The van der Waals surface area contributed by atoms with E-state index in [9.17, 15) is 9.59 Å². The zero-order valence-electron chi connectivity index (χ0n) is 10.8. The number of carboxylic acids is 2. The van der Waals surface area contributed by atoms with E-state index in [2.05, 4.69) is 13.8 Å². The summed E-state index contributed by atoms with van der Waals surface area (Å²) >= 11 is 0. The lowest BCUT2D eigenvalue weighted by Gasteiger charge is -2.18. The fraction of sp³-hybridized carbons (Fsp3) is 0.846. The fourth-order valence-electron chi connectivity index (χ4n) is 2.01. The highest BCUT2D eigenvalue weighted by Gasteiger charge is 2.28. The largest absolute Gasteiger partial charge is 0.481 e. The molecule has 0 atom stereocenters. The Labute approximate surface area is 103 Å². The van der Waals surface area contributed by atoms with Crippen molar-refractivity contribution in [1.29, 1.82) is 0 Å². The van der Waals surface area contributed by atoms with Gasteiger partial charge >= 0.3 is 11.9 Å². The van der Waals surface area contributed by atoms with Crippen molar-refractivity contribution in [3.8, 4) is 0 Å². The van der Waals surface area contributed by atoms with Crippen LogP contribution in [-0.4, -0.2) is 22.2 Å². The molecule has 0 aliphatic rings. The van der Waals surface area contributed by atoms with Crippen LogP contribution >= 0.6 is 0 Å². The second-order valence-corrected chi connectivity index (χ2v) is 4.62. The van der Waals surface area contributed by atoms with Crippen molar-refractivity contribution in [2.45, 2.75) is 58.8 Å². The van der Waals surface area contributed by atoms with E-state index < -0.39 is 17.9 Å². The van der Waals surface area contributed by atoms with Gasteiger partial charge in [0.1, 0.15) is 0 Å². The molecule has 4 nitrogen and oxygen atoms in total. The highest BCUT2D eigenvalue weighted by atomic mass is 16.4. The minimum absolute atomic E-state index is 0.229. The summed E-state index contributed by atoms with van der Waals surface area (Å²) in [6.45, 7) is 4.17. The van der Waals surface area contributed by atoms with Gasteiger partial charge in [-0.05, 0) is 12.3 Å². The zero-order chi connectivity index (χ0) is 13.3. The smallest absolute Gasteiger partial charge is 0.317 e. The SMILES string of the molecule is CCCCC(CCCC)CC(C(=O)O)C(=O)O. The van der Waals surface area contributed by atoms with E-state index in [0.717, 1.165) is 38.5 Å². The summed E-state index contributed by atoms with van der Waals surface area (Å²) in [5, 5.41) is 17.7. The predicted molar refractivity (Wildman–Crippen MR) is 65.9 cm³/mol. The summed E-state index contributed by atoms with van der Waals surface area (Å²) in [6, 6.07) is 0. The van der Waals surface area contributed by atoms with Crippen molar-refractivity contribution in [1.82, 2.24) is 0 Å². The number of carbonyl (C=O) groups is 2. The molecule has 2 N–H and O–H groups in total. The van der Waals surface area contributed by atoms with Crippen LogP contribution in [0.1, 0.15) is 58.8 Å². The van der Waals surface area contributed by atoms with Crippen molar-refractivity contribution in [3.63, 3.8) is 0 Å². The van der Waals surface area contributed by atoms with Crippen LogP contribution in [0, 0.1) is 11.8 Å². The van der Waals surface area contributed by atoms with Crippen molar-refractivity contribution >= 4 is 11.9 Å². The maximum atomic E-state index is 10.8. The van der Waals surface area contributed by atoms with E-state index in [1.54, 1.807) is 0 Å². The maximum Gasteiger partial charge on any atom is 0.317 e. The summed E-state index contributed by atoms with van der Waals surface area (Å²) in [5.41, 5.74) is 0. The molecule has 0 aliphatic carbocycles. The fourth-order valence-corrected chi connectivity index (χ4v) is 2.01. The van der Waals surface area contributed by atoms with Crippen LogP contribution in [0.3, 0.4) is 0 Å². The van der Waals surface area contributed by atoms with E-state index >= 15 is 0 Å². The van der Waals surface area contributed by atoms with Crippen LogP contribution in [0.5, 0.6) is 0 Å². The van der Waals surface area contributed by atoms with Crippen LogP contribution in [0.25, 0.3) is 0 Å². The van der Waals surface area contributed by atoms with Crippen molar-refractivity contribution < 1.29 is 19.8 Å². The molecule has 0 aromatic carbocycles. The molecule has 100 valence electrons. The third-order valence-corrected chi connectivity index (χ3v) is 3.10. The average Bonchev–Trinajstić information content (AvgIpc) is 2.27. The standard InChI is InChI=1S/C13H24O4/c1-3-5-7-10(8-6-4-2)9-11(12(14)15)13(16)17/h10-11H,3-9H2,1-2H3,(H,14,15)(H,16,17). The monoisotopic (exact) mass is 244 g/mol. The molecular weight excluding hydrogens is 220 g/mol. The molecule has 0 saturated carbocycles. The third-order valence-electron chi connectivity index (χ3n) is 3.10. The first-order valence-electron chi connectivity index (χ1n) is 6.48. The quantitative estimate of drug-likeness (QED) is 0.579. The summed E-state index contributed by atoms with van der Waals surface area (Å²) in [7, 11) is 0. The van der Waals surface area contributed by atoms with Gasteiger partial charge in [0, 0.05) is 0 Å². The van der Waals surface area contributed by atoms with Gasteiger partial charge in [-0.1, -0.05) is 52.4 Å². The molecule has 0 unspecified atom stereocenters. The van der Waals surface area contributed by atoms with Gasteiger partial charge in [0.25, 0.3) is 0 Å². The van der Waals surface area contributed by atoms with Crippen LogP contribution in [0.15, 0.2) is 0 Å². The van der Waals surface area contributed by atoms with E-state index in [1.165, 1.54) is 0 Å². The lowest BCUT2D eigenvalue weighted by molar-refractivity contribution is -0.155. The first kappa shape index (κ1) is 15.9. The molecule has 0 fully saturated rings. The number of aliphatic carboxylic acids is 2. The first-order valence-corrected chi connectivity index (χ1v) is 6.48. The van der Waals surface area contributed by atoms with Gasteiger partial charge in [-0.3, -0.25) is 9.59 Å². The lowest BCUT2D eigenvalue weighted by atomic mass is 9.87. The Morgan fingerprint density at radius 1 is 0.941 bits per heavy atom. The van der Waals surface area contributed by atoms with Crippen LogP contribution in [0.4, 0.5) is 0 Å². The summed E-state index contributed by atoms with van der Waals surface area (Å²) in [5.74, 6) is -3.44. The third kappa shape index (κ3) is 6.97. The second-order valence-electron chi connectivity index (χ2n) is 4.62. The van der Waals surface area contributed by atoms with E-state index in [4.69, 9.17) is 10.2 Å². The highest BCUT2D eigenvalue weighted by Crippen LogP contribution is 2.24. The Morgan fingerprint density at radius 3 is 1.65 bits per heavy atom. The molecule has 0 heterocycles. The molecule has 0 bridgehead atoms. The predicted octanol–water partition coefficient (Wildman–Crippen LogP) is 3.16. The Kier molecular flexibility index (Phi) is 8.46. The van der Waals surface area contributed by atoms with E-state index in [1.807, 2.05) is 0 Å². The topological polar surface area (TPSA) is 74.6 Å². The summed E-state index contributed by atoms with van der Waals surface area (Å²) in [4.78, 5) is 21.7. The normalized spacial score (nSPS) is 11.1. The maximum absolute atomic E-state index is 10.8.